The van der Waals surface area contributed by atoms with Gasteiger partial charge >= 0.3 is 6.03 Å². The molecule has 1 aromatic heterocycles. The summed E-state index contributed by atoms with van der Waals surface area (Å²) in [5, 5.41) is 5.31. The number of carbonyl (C=O) groups excluding carboxylic acids is 1. The van der Waals surface area contributed by atoms with Gasteiger partial charge in [0.2, 0.25) is 0 Å². The first-order chi connectivity index (χ1) is 12.0. The molecule has 1 unspecified atom stereocenters. The Labute approximate surface area is 143 Å². The van der Waals surface area contributed by atoms with Crippen LogP contribution in [0.3, 0.4) is 0 Å². The van der Waals surface area contributed by atoms with Gasteiger partial charge < -0.3 is 15.2 Å². The molecule has 0 saturated heterocycles. The van der Waals surface area contributed by atoms with Gasteiger partial charge in [0.1, 0.15) is 23.5 Å². The highest BCUT2D eigenvalue weighted by atomic mass is 19.1. The van der Waals surface area contributed by atoms with E-state index in [0.717, 1.165) is 0 Å². The van der Waals surface area contributed by atoms with Gasteiger partial charge in [-0.05, 0) is 30.3 Å². The van der Waals surface area contributed by atoms with E-state index in [1.54, 1.807) is 42.2 Å². The van der Waals surface area contributed by atoms with Crippen LogP contribution >= 0.6 is 0 Å². The number of carbonyl (C=O) groups is 1. The predicted molar refractivity (Wildman–Crippen MR) is 90.0 cm³/mol. The Hall–Kier alpha value is -3.22. The van der Waals surface area contributed by atoms with Gasteiger partial charge in [-0.15, -0.1) is 0 Å². The first-order valence-corrected chi connectivity index (χ1v) is 7.59. The number of urea groups is 1. The summed E-state index contributed by atoms with van der Waals surface area (Å²) in [6.07, 6.45) is 3.28. The summed E-state index contributed by atoms with van der Waals surface area (Å²) in [5.74, 6) is -0.361. The maximum absolute atomic E-state index is 14.2. The standard InChI is InChI=1S/C18H16F2N4O/c1-24-11-10-21-17(24)16(14-4-2-3-5-15(14)20)23-18(25)22-13-8-6-12(19)7-9-13/h2-11,16H,1H3,(H2,22,23,25). The van der Waals surface area contributed by atoms with Gasteiger partial charge in [0.15, 0.2) is 0 Å². The van der Waals surface area contributed by atoms with Crippen molar-refractivity contribution in [2.45, 2.75) is 6.04 Å². The molecular weight excluding hydrogens is 326 g/mol. The van der Waals surface area contributed by atoms with Crippen LogP contribution in [0.5, 0.6) is 0 Å². The lowest BCUT2D eigenvalue weighted by Gasteiger charge is -2.20. The summed E-state index contributed by atoms with van der Waals surface area (Å²) in [4.78, 5) is 16.5. The van der Waals surface area contributed by atoms with Crippen molar-refractivity contribution in [3.63, 3.8) is 0 Å². The average Bonchev–Trinajstić information content (AvgIpc) is 3.01. The molecule has 0 saturated carbocycles. The maximum Gasteiger partial charge on any atom is 0.320 e. The predicted octanol–water partition coefficient (Wildman–Crippen LogP) is 3.61. The number of hydrogen-bond donors (Lipinski definition) is 2. The summed E-state index contributed by atoms with van der Waals surface area (Å²) in [6, 6.07) is 10.2. The van der Waals surface area contributed by atoms with E-state index in [1.165, 1.54) is 30.3 Å². The Morgan fingerprint density at radius 3 is 2.48 bits per heavy atom. The second-order valence-corrected chi connectivity index (χ2v) is 5.46. The number of benzene rings is 2. The zero-order valence-corrected chi connectivity index (χ0v) is 13.4. The van der Waals surface area contributed by atoms with Gasteiger partial charge in [0, 0.05) is 30.7 Å². The Morgan fingerprint density at radius 1 is 1.12 bits per heavy atom. The quantitative estimate of drug-likeness (QED) is 0.761. The molecule has 1 heterocycles. The van der Waals surface area contributed by atoms with Crippen molar-refractivity contribution in [1.29, 1.82) is 0 Å². The lowest BCUT2D eigenvalue weighted by atomic mass is 10.1. The number of rotatable bonds is 4. The average molecular weight is 342 g/mol. The number of anilines is 1. The molecule has 0 spiro atoms. The van der Waals surface area contributed by atoms with Crippen LogP contribution in [0.2, 0.25) is 0 Å². The molecule has 2 aromatic carbocycles. The van der Waals surface area contributed by atoms with Crippen LogP contribution in [0.25, 0.3) is 0 Å². The van der Waals surface area contributed by atoms with Crippen LogP contribution in [0.1, 0.15) is 17.4 Å². The fourth-order valence-electron chi connectivity index (χ4n) is 2.48. The van der Waals surface area contributed by atoms with Crippen molar-refractivity contribution >= 4 is 11.7 Å². The molecule has 3 aromatic rings. The Bertz CT molecular complexity index is 877. The number of imidazole rings is 1. The van der Waals surface area contributed by atoms with Gasteiger partial charge in [-0.25, -0.2) is 18.6 Å². The van der Waals surface area contributed by atoms with Crippen molar-refractivity contribution in [1.82, 2.24) is 14.9 Å². The number of nitrogens with one attached hydrogen (secondary N) is 2. The molecule has 128 valence electrons. The van der Waals surface area contributed by atoms with Crippen LogP contribution in [-0.4, -0.2) is 15.6 Å². The van der Waals surface area contributed by atoms with Crippen molar-refractivity contribution < 1.29 is 13.6 Å². The van der Waals surface area contributed by atoms with Crippen LogP contribution in [-0.2, 0) is 7.05 Å². The number of nitrogens with zero attached hydrogens (tertiary/aromatic N) is 2. The number of aromatic nitrogens is 2. The zero-order chi connectivity index (χ0) is 17.8. The van der Waals surface area contributed by atoms with Gasteiger partial charge in [-0.3, -0.25) is 0 Å². The van der Waals surface area contributed by atoms with Gasteiger partial charge in [0.25, 0.3) is 0 Å². The normalized spacial score (nSPS) is 11.8. The molecule has 5 nitrogen and oxygen atoms in total. The van der Waals surface area contributed by atoms with Crippen molar-refractivity contribution in [2.24, 2.45) is 7.05 Å². The van der Waals surface area contributed by atoms with E-state index in [-0.39, 0.29) is 0 Å². The van der Waals surface area contributed by atoms with Crippen LogP contribution < -0.4 is 10.6 Å². The molecular formula is C18H16F2N4O. The molecule has 0 aliphatic carbocycles. The van der Waals surface area contributed by atoms with E-state index in [0.29, 0.717) is 17.1 Å². The highest BCUT2D eigenvalue weighted by Gasteiger charge is 2.23. The molecule has 25 heavy (non-hydrogen) atoms. The van der Waals surface area contributed by atoms with Gasteiger partial charge in [0.05, 0.1) is 0 Å². The van der Waals surface area contributed by atoms with E-state index in [1.807, 2.05) is 0 Å². The summed E-state index contributed by atoms with van der Waals surface area (Å²) >= 11 is 0. The fraction of sp³-hybridized carbons (Fsp3) is 0.111. The van der Waals surface area contributed by atoms with Crippen LogP contribution in [0.4, 0.5) is 19.3 Å². The van der Waals surface area contributed by atoms with Crippen molar-refractivity contribution in [3.05, 3.63) is 83.9 Å². The number of amides is 2. The topological polar surface area (TPSA) is 59.0 Å². The Morgan fingerprint density at radius 2 is 1.84 bits per heavy atom. The second kappa shape index (κ2) is 7.12. The van der Waals surface area contributed by atoms with E-state index in [9.17, 15) is 13.6 Å². The molecule has 0 bridgehead atoms. The third-order valence-electron chi connectivity index (χ3n) is 3.71. The number of hydrogen-bond acceptors (Lipinski definition) is 2. The molecule has 0 fully saturated rings. The van der Waals surface area contributed by atoms with E-state index >= 15 is 0 Å². The Balaban J connectivity index is 1.85. The third kappa shape index (κ3) is 3.82. The summed E-state index contributed by atoms with van der Waals surface area (Å²) in [7, 11) is 1.76. The second-order valence-electron chi connectivity index (χ2n) is 5.46. The highest BCUT2D eigenvalue weighted by Crippen LogP contribution is 2.23. The minimum absolute atomic E-state index is 0.297. The van der Waals surface area contributed by atoms with Crippen LogP contribution in [0.15, 0.2) is 60.9 Å². The van der Waals surface area contributed by atoms with Crippen molar-refractivity contribution in [2.75, 3.05) is 5.32 Å². The largest absolute Gasteiger partial charge is 0.336 e. The highest BCUT2D eigenvalue weighted by molar-refractivity contribution is 5.89. The number of aryl methyl sites for hydroxylation is 1. The molecule has 3 rings (SSSR count). The first-order valence-electron chi connectivity index (χ1n) is 7.59. The smallest absolute Gasteiger partial charge is 0.320 e. The molecule has 0 aliphatic rings. The fourth-order valence-corrected chi connectivity index (χ4v) is 2.48. The van der Waals surface area contributed by atoms with E-state index in [2.05, 4.69) is 15.6 Å². The Kier molecular flexibility index (Phi) is 4.74. The summed E-state index contributed by atoms with van der Waals surface area (Å²) < 4.78 is 28.9. The molecule has 0 aliphatic heterocycles. The minimum atomic E-state index is -0.776. The lowest BCUT2D eigenvalue weighted by Crippen LogP contribution is -2.35. The lowest BCUT2D eigenvalue weighted by molar-refractivity contribution is 0.249. The van der Waals surface area contributed by atoms with Crippen LogP contribution in [0, 0.1) is 11.6 Å². The third-order valence-corrected chi connectivity index (χ3v) is 3.71. The van der Waals surface area contributed by atoms with E-state index in [4.69, 9.17) is 0 Å². The molecule has 2 N–H and O–H groups in total. The SMILES string of the molecule is Cn1ccnc1C(NC(=O)Nc1ccc(F)cc1)c1ccccc1F. The van der Waals surface area contributed by atoms with Crippen molar-refractivity contribution in [3.8, 4) is 0 Å². The monoisotopic (exact) mass is 342 g/mol. The molecule has 0 radical (unpaired) electrons. The van der Waals surface area contributed by atoms with Gasteiger partial charge in [-0.2, -0.15) is 0 Å². The minimum Gasteiger partial charge on any atom is -0.336 e. The summed E-state index contributed by atoms with van der Waals surface area (Å²) in [5.41, 5.74) is 0.720. The molecule has 2 amide bonds. The first kappa shape index (κ1) is 16.6. The molecule has 7 heteroatoms. The van der Waals surface area contributed by atoms with Gasteiger partial charge in [-0.1, -0.05) is 18.2 Å². The van der Waals surface area contributed by atoms with E-state index < -0.39 is 23.7 Å². The number of halogens is 2. The summed E-state index contributed by atoms with van der Waals surface area (Å²) in [6.45, 7) is 0. The zero-order valence-electron chi connectivity index (χ0n) is 13.4. The molecule has 1 atom stereocenters. The maximum atomic E-state index is 14.2.